The maximum Gasteiger partial charge on any atom is 0.330 e. The molecule has 28 heavy (non-hydrogen) atoms. The zero-order chi connectivity index (χ0) is 22.0. The van der Waals surface area contributed by atoms with E-state index >= 15 is 0 Å². The molecule has 4 nitrogen and oxygen atoms in total. The maximum absolute atomic E-state index is 11.1. The molecule has 1 N–H and O–H groups in total. The van der Waals surface area contributed by atoms with Gasteiger partial charge in [-0.3, -0.25) is 0 Å². The smallest absolute Gasteiger partial charge is 0.330 e. The summed E-state index contributed by atoms with van der Waals surface area (Å²) < 4.78 is 5.29. The molecule has 0 aromatic rings. The van der Waals surface area contributed by atoms with Gasteiger partial charge in [-0.1, -0.05) is 74.0 Å². The van der Waals surface area contributed by atoms with E-state index in [-0.39, 0.29) is 12.1 Å². The van der Waals surface area contributed by atoms with Crippen LogP contribution in [0.3, 0.4) is 0 Å². The fourth-order valence-corrected chi connectivity index (χ4v) is 4.23. The number of ether oxygens (including phenoxy) is 1. The summed E-state index contributed by atoms with van der Waals surface area (Å²) >= 11 is 0. The van der Waals surface area contributed by atoms with Gasteiger partial charge in [0.25, 0.3) is 0 Å². The summed E-state index contributed by atoms with van der Waals surface area (Å²) in [5.74, 6) is 0.317. The standard InChI is InChI=1S/C12H20O2.C9H18.C3H4O2/c1-5-11(13)14-10-6-9(2)7-12(3,4)8-10;1-8-6-4-5-7-9(8,2)3;1-2-3(4)5/h5,9-10H,1,6-8H2,2-4H3;8H,4-7H2,1-3H3;2H,1H2,(H,4,5). The molecule has 0 spiro atoms. The Hall–Kier alpha value is -1.58. The number of carboxylic acids is 1. The molecule has 0 aliphatic heterocycles. The van der Waals surface area contributed by atoms with Crippen LogP contribution in [-0.4, -0.2) is 23.1 Å². The molecule has 162 valence electrons. The molecule has 0 amide bonds. The van der Waals surface area contributed by atoms with Crippen molar-refractivity contribution < 1.29 is 19.4 Å². The summed E-state index contributed by atoms with van der Waals surface area (Å²) in [6.45, 7) is 20.2. The lowest BCUT2D eigenvalue weighted by Gasteiger charge is -2.38. The van der Waals surface area contributed by atoms with Crippen molar-refractivity contribution in [3.8, 4) is 0 Å². The zero-order valence-corrected chi connectivity index (χ0v) is 18.9. The van der Waals surface area contributed by atoms with Crippen LogP contribution in [0.4, 0.5) is 0 Å². The SMILES string of the molecule is C=CC(=O)O.C=CC(=O)OC1CC(C)CC(C)(C)C1.CC1CCCCC1(C)C. The van der Waals surface area contributed by atoms with E-state index < -0.39 is 5.97 Å². The number of carbonyl (C=O) groups is 2. The molecule has 2 aliphatic carbocycles. The van der Waals surface area contributed by atoms with Crippen LogP contribution in [0, 0.1) is 22.7 Å². The van der Waals surface area contributed by atoms with Crippen LogP contribution in [0.2, 0.25) is 0 Å². The Kier molecular flexibility index (Phi) is 11.4. The summed E-state index contributed by atoms with van der Waals surface area (Å²) in [7, 11) is 0. The van der Waals surface area contributed by atoms with Gasteiger partial charge in [0.05, 0.1) is 0 Å². The molecule has 0 aromatic carbocycles. The minimum Gasteiger partial charge on any atom is -0.478 e. The Morgan fingerprint density at radius 2 is 1.61 bits per heavy atom. The van der Waals surface area contributed by atoms with Crippen molar-refractivity contribution in [1.82, 2.24) is 0 Å². The second kappa shape index (κ2) is 12.1. The van der Waals surface area contributed by atoms with Crippen molar-refractivity contribution in [3.63, 3.8) is 0 Å². The fourth-order valence-electron chi connectivity index (χ4n) is 4.23. The van der Waals surface area contributed by atoms with Crippen LogP contribution < -0.4 is 0 Å². The predicted octanol–water partition coefficient (Wildman–Crippen LogP) is 6.41. The van der Waals surface area contributed by atoms with E-state index in [0.29, 0.717) is 16.7 Å². The number of carboxylic acid groups (broad SMARTS) is 1. The lowest BCUT2D eigenvalue weighted by atomic mass is 9.70. The third-order valence-electron chi connectivity index (χ3n) is 6.01. The van der Waals surface area contributed by atoms with Crippen LogP contribution in [0.5, 0.6) is 0 Å². The van der Waals surface area contributed by atoms with Gasteiger partial charge in [-0.2, -0.15) is 0 Å². The summed E-state index contributed by atoms with van der Waals surface area (Å²) in [6, 6.07) is 0. The lowest BCUT2D eigenvalue weighted by molar-refractivity contribution is -0.147. The monoisotopic (exact) mass is 394 g/mol. The van der Waals surface area contributed by atoms with Gasteiger partial charge in [-0.15, -0.1) is 0 Å². The van der Waals surface area contributed by atoms with Gasteiger partial charge in [-0.05, 0) is 48.3 Å². The van der Waals surface area contributed by atoms with E-state index in [0.717, 1.165) is 24.8 Å². The molecule has 0 aromatic heterocycles. The van der Waals surface area contributed by atoms with Gasteiger partial charge in [0.15, 0.2) is 0 Å². The van der Waals surface area contributed by atoms with Crippen LogP contribution in [-0.2, 0) is 14.3 Å². The number of aliphatic carboxylic acids is 1. The Bertz CT molecular complexity index is 519. The highest BCUT2D eigenvalue weighted by Gasteiger charge is 2.33. The quantitative estimate of drug-likeness (QED) is 0.444. The average Bonchev–Trinajstić information content (AvgIpc) is 2.56. The van der Waals surface area contributed by atoms with E-state index in [2.05, 4.69) is 54.7 Å². The Morgan fingerprint density at radius 3 is 1.96 bits per heavy atom. The van der Waals surface area contributed by atoms with E-state index in [4.69, 9.17) is 9.84 Å². The highest BCUT2D eigenvalue weighted by Crippen LogP contribution is 2.40. The molecule has 4 heteroatoms. The highest BCUT2D eigenvalue weighted by molar-refractivity contribution is 5.81. The second-order valence-corrected chi connectivity index (χ2v) is 9.85. The van der Waals surface area contributed by atoms with Crippen LogP contribution in [0.25, 0.3) is 0 Å². The van der Waals surface area contributed by atoms with Gasteiger partial charge < -0.3 is 9.84 Å². The molecule has 2 aliphatic rings. The predicted molar refractivity (Wildman–Crippen MR) is 116 cm³/mol. The van der Waals surface area contributed by atoms with E-state index in [1.54, 1.807) is 0 Å². The van der Waals surface area contributed by atoms with Crippen molar-refractivity contribution in [1.29, 1.82) is 0 Å². The number of rotatable bonds is 3. The normalized spacial score (nSPS) is 27.6. The number of hydrogen-bond acceptors (Lipinski definition) is 3. The van der Waals surface area contributed by atoms with Crippen LogP contribution >= 0.6 is 0 Å². The number of esters is 1. The van der Waals surface area contributed by atoms with Gasteiger partial charge >= 0.3 is 11.9 Å². The molecule has 3 atom stereocenters. The number of carbonyl (C=O) groups excluding carboxylic acids is 1. The highest BCUT2D eigenvalue weighted by atomic mass is 16.5. The minimum absolute atomic E-state index is 0.0826. The van der Waals surface area contributed by atoms with Crippen molar-refractivity contribution in [2.45, 2.75) is 92.6 Å². The van der Waals surface area contributed by atoms with Gasteiger partial charge in [0.2, 0.25) is 0 Å². The summed E-state index contributed by atoms with van der Waals surface area (Å²) in [5, 5.41) is 7.60. The minimum atomic E-state index is -0.981. The molecule has 0 saturated heterocycles. The third kappa shape index (κ3) is 11.3. The third-order valence-corrected chi connectivity index (χ3v) is 6.01. The van der Waals surface area contributed by atoms with Gasteiger partial charge in [-0.25, -0.2) is 9.59 Å². The molecule has 0 heterocycles. The first-order valence-electron chi connectivity index (χ1n) is 10.5. The van der Waals surface area contributed by atoms with Crippen molar-refractivity contribution in [3.05, 3.63) is 25.3 Å². The second-order valence-electron chi connectivity index (χ2n) is 9.85. The molecular weight excluding hydrogens is 352 g/mol. The van der Waals surface area contributed by atoms with Crippen molar-refractivity contribution >= 4 is 11.9 Å². The van der Waals surface area contributed by atoms with E-state index in [9.17, 15) is 9.59 Å². The van der Waals surface area contributed by atoms with E-state index in [1.165, 1.54) is 38.2 Å². The molecule has 2 rings (SSSR count). The van der Waals surface area contributed by atoms with Crippen molar-refractivity contribution in [2.24, 2.45) is 22.7 Å². The zero-order valence-electron chi connectivity index (χ0n) is 18.9. The first-order valence-corrected chi connectivity index (χ1v) is 10.5. The van der Waals surface area contributed by atoms with Crippen LogP contribution in [0.1, 0.15) is 86.5 Å². The fraction of sp³-hybridized carbons (Fsp3) is 0.750. The maximum atomic E-state index is 11.1. The summed E-state index contributed by atoms with van der Waals surface area (Å²) in [4.78, 5) is 20.3. The Morgan fingerprint density at radius 1 is 1.04 bits per heavy atom. The topological polar surface area (TPSA) is 63.6 Å². The number of hydrogen-bond donors (Lipinski definition) is 1. The lowest BCUT2D eigenvalue weighted by Crippen LogP contribution is -2.33. The molecular formula is C24H42O4. The average molecular weight is 395 g/mol. The Balaban J connectivity index is 0.000000445. The van der Waals surface area contributed by atoms with E-state index in [1.807, 2.05) is 0 Å². The van der Waals surface area contributed by atoms with Crippen LogP contribution in [0.15, 0.2) is 25.3 Å². The largest absolute Gasteiger partial charge is 0.478 e. The first-order chi connectivity index (χ1) is 12.8. The first kappa shape index (κ1) is 26.4. The Labute approximate surface area is 172 Å². The van der Waals surface area contributed by atoms with Gasteiger partial charge in [0.1, 0.15) is 6.10 Å². The molecule has 3 unspecified atom stereocenters. The molecule has 0 bridgehead atoms. The van der Waals surface area contributed by atoms with Crippen molar-refractivity contribution in [2.75, 3.05) is 0 Å². The molecule has 0 radical (unpaired) electrons. The van der Waals surface area contributed by atoms with Gasteiger partial charge in [0, 0.05) is 12.2 Å². The summed E-state index contributed by atoms with van der Waals surface area (Å²) in [6.07, 6.45) is 11.1. The molecule has 2 saturated carbocycles. The molecule has 2 fully saturated rings. The summed E-state index contributed by atoms with van der Waals surface area (Å²) in [5.41, 5.74) is 0.933.